The zero-order chi connectivity index (χ0) is 16.3. The number of carbonyl (C=O) groups excluding carboxylic acids is 3. The van der Waals surface area contributed by atoms with E-state index >= 15 is 0 Å². The molecule has 5 heteroatoms. The summed E-state index contributed by atoms with van der Waals surface area (Å²) in [4.78, 5) is 37.9. The maximum absolute atomic E-state index is 12.8. The molecule has 4 rings (SSSR count). The average molecular weight is 311 g/mol. The molecule has 1 saturated heterocycles. The van der Waals surface area contributed by atoms with E-state index in [1.165, 1.54) is 11.8 Å². The van der Waals surface area contributed by atoms with E-state index in [-0.39, 0.29) is 35.5 Å². The lowest BCUT2D eigenvalue weighted by Gasteiger charge is -2.19. The highest BCUT2D eigenvalue weighted by molar-refractivity contribution is 6.23. The first-order chi connectivity index (χ1) is 11.0. The number of hydrogen-bond acceptors (Lipinski definition) is 4. The molecule has 1 aromatic rings. The zero-order valence-electron chi connectivity index (χ0n) is 13.0. The van der Waals surface area contributed by atoms with Crippen LogP contribution < -0.4 is 9.64 Å². The number of fused-ring (bicyclic) bond motifs is 5. The summed E-state index contributed by atoms with van der Waals surface area (Å²) >= 11 is 0. The number of aryl methyl sites for hydroxylation is 1. The second kappa shape index (κ2) is 4.78. The summed E-state index contributed by atoms with van der Waals surface area (Å²) in [5.74, 6) is -0.183. The highest BCUT2D eigenvalue weighted by atomic mass is 16.5. The Labute approximate surface area is 133 Å². The fraction of sp³-hybridized carbons (Fsp3) is 0.389. The predicted octanol–water partition coefficient (Wildman–Crippen LogP) is 2.23. The highest BCUT2D eigenvalue weighted by Gasteiger charge is 2.59. The number of hydrogen-bond donors (Lipinski definition) is 0. The maximum atomic E-state index is 12.8. The van der Waals surface area contributed by atoms with E-state index in [0.29, 0.717) is 11.4 Å². The molecule has 0 aromatic heterocycles. The second-order valence-corrected chi connectivity index (χ2v) is 6.55. The highest BCUT2D eigenvalue weighted by Crippen LogP contribution is 2.53. The molecular weight excluding hydrogens is 294 g/mol. The summed E-state index contributed by atoms with van der Waals surface area (Å²) < 4.78 is 5.05. The molecule has 3 aliphatic rings. The molecule has 1 saturated carbocycles. The molecule has 2 fully saturated rings. The zero-order valence-corrected chi connectivity index (χ0v) is 13.0. The lowest BCUT2D eigenvalue weighted by molar-refractivity contribution is -0.132. The first kappa shape index (κ1) is 14.2. The fourth-order valence-corrected chi connectivity index (χ4v) is 4.25. The lowest BCUT2D eigenvalue weighted by Crippen LogP contribution is -2.33. The van der Waals surface area contributed by atoms with Crippen molar-refractivity contribution in [1.29, 1.82) is 0 Å². The van der Waals surface area contributed by atoms with E-state index in [9.17, 15) is 14.4 Å². The molecule has 0 N–H and O–H groups in total. The van der Waals surface area contributed by atoms with Crippen LogP contribution in [0.1, 0.15) is 18.9 Å². The van der Waals surface area contributed by atoms with Crippen molar-refractivity contribution in [2.24, 2.45) is 23.7 Å². The van der Waals surface area contributed by atoms with E-state index in [0.717, 1.165) is 12.0 Å². The Balaban J connectivity index is 1.68. The van der Waals surface area contributed by atoms with Gasteiger partial charge in [0.2, 0.25) is 11.8 Å². The molecule has 23 heavy (non-hydrogen) atoms. The fourth-order valence-electron chi connectivity index (χ4n) is 4.25. The number of esters is 1. The topological polar surface area (TPSA) is 63.7 Å². The summed E-state index contributed by atoms with van der Waals surface area (Å²) in [5.41, 5.74) is 1.33. The van der Waals surface area contributed by atoms with Crippen molar-refractivity contribution in [3.63, 3.8) is 0 Å². The third-order valence-electron chi connectivity index (χ3n) is 5.14. The van der Waals surface area contributed by atoms with E-state index in [2.05, 4.69) is 12.2 Å². The van der Waals surface area contributed by atoms with Crippen molar-refractivity contribution < 1.29 is 19.1 Å². The van der Waals surface area contributed by atoms with E-state index in [4.69, 9.17) is 4.74 Å². The molecule has 2 amide bonds. The van der Waals surface area contributed by atoms with Gasteiger partial charge in [-0.3, -0.25) is 14.4 Å². The van der Waals surface area contributed by atoms with Crippen molar-refractivity contribution in [2.45, 2.75) is 20.3 Å². The molecule has 118 valence electrons. The lowest BCUT2D eigenvalue weighted by atomic mass is 9.85. The molecule has 4 unspecified atom stereocenters. The number of ether oxygens (including phenoxy) is 1. The van der Waals surface area contributed by atoms with Crippen LogP contribution in [0.4, 0.5) is 5.69 Å². The number of allylic oxidation sites excluding steroid dienone is 2. The van der Waals surface area contributed by atoms with Gasteiger partial charge >= 0.3 is 5.97 Å². The molecule has 1 aromatic carbocycles. The van der Waals surface area contributed by atoms with E-state index < -0.39 is 5.97 Å². The van der Waals surface area contributed by atoms with Crippen molar-refractivity contribution in [2.75, 3.05) is 4.90 Å². The maximum Gasteiger partial charge on any atom is 0.308 e. The Morgan fingerprint density at radius 3 is 2.26 bits per heavy atom. The van der Waals surface area contributed by atoms with Gasteiger partial charge in [0.05, 0.1) is 17.5 Å². The number of carbonyl (C=O) groups is 3. The van der Waals surface area contributed by atoms with Gasteiger partial charge in [-0.2, -0.15) is 0 Å². The first-order valence-corrected chi connectivity index (χ1v) is 7.82. The molecule has 2 aliphatic carbocycles. The van der Waals surface area contributed by atoms with Gasteiger partial charge in [-0.25, -0.2) is 4.90 Å². The van der Waals surface area contributed by atoms with Crippen molar-refractivity contribution in [3.8, 4) is 5.75 Å². The minimum atomic E-state index is -0.400. The van der Waals surface area contributed by atoms with Crippen LogP contribution in [0.5, 0.6) is 5.75 Å². The van der Waals surface area contributed by atoms with Crippen LogP contribution in [0.2, 0.25) is 0 Å². The molecule has 0 spiro atoms. The summed E-state index contributed by atoms with van der Waals surface area (Å²) in [6.07, 6.45) is 5.08. The van der Waals surface area contributed by atoms with Gasteiger partial charge in [-0.15, -0.1) is 0 Å². The van der Waals surface area contributed by atoms with Crippen LogP contribution in [0, 0.1) is 30.6 Å². The third-order valence-corrected chi connectivity index (χ3v) is 5.14. The van der Waals surface area contributed by atoms with Gasteiger partial charge < -0.3 is 4.74 Å². The van der Waals surface area contributed by atoms with E-state index in [1.807, 2.05) is 6.92 Å². The minimum Gasteiger partial charge on any atom is -0.427 e. The summed E-state index contributed by atoms with van der Waals surface area (Å²) in [7, 11) is 0. The van der Waals surface area contributed by atoms with Gasteiger partial charge in [-0.05, 0) is 48.9 Å². The second-order valence-electron chi connectivity index (χ2n) is 6.55. The third kappa shape index (κ3) is 1.96. The summed E-state index contributed by atoms with van der Waals surface area (Å²) in [5, 5.41) is 0. The van der Waals surface area contributed by atoms with Gasteiger partial charge in [0.1, 0.15) is 5.75 Å². The number of imide groups is 1. The first-order valence-electron chi connectivity index (χ1n) is 7.82. The van der Waals surface area contributed by atoms with Crippen LogP contribution in [-0.2, 0) is 14.4 Å². The van der Waals surface area contributed by atoms with Crippen molar-refractivity contribution >= 4 is 23.5 Å². The number of nitrogens with zero attached hydrogens (tertiary/aromatic N) is 1. The monoisotopic (exact) mass is 311 g/mol. The summed E-state index contributed by atoms with van der Waals surface area (Å²) in [6.45, 7) is 3.14. The molecule has 4 atom stereocenters. The van der Waals surface area contributed by atoms with Gasteiger partial charge in [0.25, 0.3) is 0 Å². The molecule has 5 nitrogen and oxygen atoms in total. The van der Waals surface area contributed by atoms with Crippen molar-refractivity contribution in [1.82, 2.24) is 0 Å². The average Bonchev–Trinajstić information content (AvgIpc) is 3.14. The number of amides is 2. The molecule has 1 heterocycles. The smallest absolute Gasteiger partial charge is 0.308 e. The van der Waals surface area contributed by atoms with Crippen molar-refractivity contribution in [3.05, 3.63) is 35.9 Å². The van der Waals surface area contributed by atoms with Gasteiger partial charge in [0.15, 0.2) is 0 Å². The molecule has 2 bridgehead atoms. The van der Waals surface area contributed by atoms with Gasteiger partial charge in [0, 0.05) is 6.92 Å². The van der Waals surface area contributed by atoms with Crippen LogP contribution >= 0.6 is 0 Å². The molecule has 1 aliphatic heterocycles. The normalized spacial score (nSPS) is 31.0. The number of anilines is 1. The molecular formula is C18H17NO4. The Hall–Kier alpha value is -2.43. The Morgan fingerprint density at radius 1 is 1.13 bits per heavy atom. The number of benzene rings is 1. The van der Waals surface area contributed by atoms with Crippen LogP contribution in [0.25, 0.3) is 0 Å². The van der Waals surface area contributed by atoms with E-state index in [1.54, 1.807) is 18.2 Å². The summed E-state index contributed by atoms with van der Waals surface area (Å²) in [6, 6.07) is 4.98. The quantitative estimate of drug-likeness (QED) is 0.364. The minimum absolute atomic E-state index is 0.0970. The molecule has 0 radical (unpaired) electrons. The standard InChI is InChI=1S/C18H17NO4/c1-9-7-13(23-10(2)20)5-6-14(9)19-17(21)15-11-3-4-12(8-11)16(15)18(19)22/h3-7,11-12,15-16H,8H2,1-2H3. The Morgan fingerprint density at radius 2 is 1.74 bits per heavy atom. The Bertz CT molecular complexity index is 736. The predicted molar refractivity (Wildman–Crippen MR) is 82.7 cm³/mol. The van der Waals surface area contributed by atoms with Gasteiger partial charge in [-0.1, -0.05) is 12.2 Å². The van der Waals surface area contributed by atoms with Crippen LogP contribution in [-0.4, -0.2) is 17.8 Å². The van der Waals surface area contributed by atoms with Crippen LogP contribution in [0.15, 0.2) is 30.4 Å². The number of rotatable bonds is 2. The largest absolute Gasteiger partial charge is 0.427 e. The SMILES string of the molecule is CC(=O)Oc1ccc(N2C(=O)C3C4C=CC(C4)C3C2=O)c(C)c1. The van der Waals surface area contributed by atoms with Crippen LogP contribution in [0.3, 0.4) is 0 Å². The Kier molecular flexibility index (Phi) is 2.95.